The fourth-order valence-corrected chi connectivity index (χ4v) is 3.27. The van der Waals surface area contributed by atoms with E-state index in [2.05, 4.69) is 10.6 Å². The second-order valence-corrected chi connectivity index (χ2v) is 8.24. The molecule has 8 heteroatoms. The second-order valence-electron chi connectivity index (χ2n) is 7.98. The van der Waals surface area contributed by atoms with Crippen molar-refractivity contribution in [2.75, 3.05) is 24.9 Å². The third-order valence-electron chi connectivity index (χ3n) is 5.16. The van der Waals surface area contributed by atoms with Gasteiger partial charge in [0, 0.05) is 23.8 Å². The van der Waals surface area contributed by atoms with Gasteiger partial charge in [0.1, 0.15) is 0 Å². The molecule has 0 bridgehead atoms. The molecule has 0 aliphatic carbocycles. The average Bonchev–Trinajstić information content (AvgIpc) is 2.72. The molecule has 0 radical (unpaired) electrons. The molecule has 1 heterocycles. The quantitative estimate of drug-likeness (QED) is 0.473. The van der Waals surface area contributed by atoms with Crippen molar-refractivity contribution in [1.29, 1.82) is 0 Å². The number of benzene rings is 1. The zero-order valence-corrected chi connectivity index (χ0v) is 18.9. The van der Waals surface area contributed by atoms with Gasteiger partial charge in [-0.1, -0.05) is 25.5 Å². The van der Waals surface area contributed by atoms with Gasteiger partial charge in [-0.3, -0.25) is 9.69 Å². The van der Waals surface area contributed by atoms with Crippen molar-refractivity contribution in [3.63, 3.8) is 0 Å². The smallest absolute Gasteiger partial charge is 0.337 e. The van der Waals surface area contributed by atoms with E-state index in [1.807, 2.05) is 6.92 Å². The maximum Gasteiger partial charge on any atom is 0.337 e. The topological polar surface area (TPSA) is 87.7 Å². The number of amides is 3. The number of alkyl halides is 1. The fraction of sp³-hybridized carbons (Fsp3) is 0.500. The highest BCUT2D eigenvalue weighted by molar-refractivity contribution is 6.20. The summed E-state index contributed by atoms with van der Waals surface area (Å²) in [6.07, 6.45) is 1.75. The van der Waals surface area contributed by atoms with Crippen molar-refractivity contribution < 1.29 is 19.1 Å². The Bertz CT molecular complexity index is 851. The highest BCUT2D eigenvalue weighted by Crippen LogP contribution is 2.32. The SMILES string of the molecule is CCCCN1C(=O)NC(c2cccc(NC(=O)C(C)(C)CCl)c2)C(C(=O)OC)=C1C. The third-order valence-corrected chi connectivity index (χ3v) is 5.83. The largest absolute Gasteiger partial charge is 0.466 e. The van der Waals surface area contributed by atoms with Crippen LogP contribution in [-0.4, -0.2) is 42.3 Å². The van der Waals surface area contributed by atoms with Crippen LogP contribution in [0.2, 0.25) is 0 Å². The number of allylic oxidation sites excluding steroid dienone is 1. The number of nitrogens with zero attached hydrogens (tertiary/aromatic N) is 1. The van der Waals surface area contributed by atoms with Crippen LogP contribution in [0, 0.1) is 5.41 Å². The van der Waals surface area contributed by atoms with Gasteiger partial charge in [0.25, 0.3) is 0 Å². The van der Waals surface area contributed by atoms with Gasteiger partial charge in [-0.2, -0.15) is 0 Å². The first kappa shape index (κ1) is 23.7. The number of esters is 1. The molecule has 164 valence electrons. The van der Waals surface area contributed by atoms with Crippen molar-refractivity contribution in [2.24, 2.45) is 5.41 Å². The normalized spacial score (nSPS) is 16.9. The molecule has 2 N–H and O–H groups in total. The van der Waals surface area contributed by atoms with Gasteiger partial charge in [-0.05, 0) is 44.9 Å². The molecule has 0 fully saturated rings. The Kier molecular flexibility index (Phi) is 7.89. The molecule has 0 saturated carbocycles. The number of rotatable bonds is 8. The monoisotopic (exact) mass is 435 g/mol. The minimum absolute atomic E-state index is 0.180. The number of halogens is 1. The van der Waals surface area contributed by atoms with Crippen LogP contribution in [0.1, 0.15) is 52.1 Å². The van der Waals surface area contributed by atoms with E-state index in [1.54, 1.807) is 49.9 Å². The van der Waals surface area contributed by atoms with E-state index in [0.29, 0.717) is 29.1 Å². The molecular weight excluding hydrogens is 406 g/mol. The summed E-state index contributed by atoms with van der Waals surface area (Å²) in [5.41, 5.74) is 1.43. The fourth-order valence-electron chi connectivity index (χ4n) is 3.15. The Morgan fingerprint density at radius 2 is 2.03 bits per heavy atom. The van der Waals surface area contributed by atoms with Crippen LogP contribution in [0.3, 0.4) is 0 Å². The molecule has 7 nitrogen and oxygen atoms in total. The van der Waals surface area contributed by atoms with Crippen LogP contribution >= 0.6 is 11.6 Å². The zero-order chi connectivity index (χ0) is 22.5. The Hall–Kier alpha value is -2.54. The highest BCUT2D eigenvalue weighted by atomic mass is 35.5. The maximum absolute atomic E-state index is 12.7. The highest BCUT2D eigenvalue weighted by Gasteiger charge is 2.36. The van der Waals surface area contributed by atoms with Gasteiger partial charge in [0.15, 0.2) is 0 Å². The van der Waals surface area contributed by atoms with Gasteiger partial charge in [0.2, 0.25) is 5.91 Å². The molecule has 1 aromatic carbocycles. The first-order valence-electron chi connectivity index (χ1n) is 10.0. The lowest BCUT2D eigenvalue weighted by Crippen LogP contribution is -2.48. The molecule has 3 amide bonds. The van der Waals surface area contributed by atoms with Crippen LogP contribution in [0.25, 0.3) is 0 Å². The number of ether oxygens (including phenoxy) is 1. The van der Waals surface area contributed by atoms with Crippen LogP contribution in [0.4, 0.5) is 10.5 Å². The summed E-state index contributed by atoms with van der Waals surface area (Å²) >= 11 is 5.89. The van der Waals surface area contributed by atoms with Gasteiger partial charge in [0.05, 0.1) is 24.1 Å². The van der Waals surface area contributed by atoms with Gasteiger partial charge in [-0.15, -0.1) is 11.6 Å². The Balaban J connectivity index is 2.41. The van der Waals surface area contributed by atoms with Crippen molar-refractivity contribution in [3.8, 4) is 0 Å². The third kappa shape index (κ3) is 5.14. The molecule has 0 spiro atoms. The summed E-state index contributed by atoms with van der Waals surface area (Å²) in [6, 6.07) is 6.10. The lowest BCUT2D eigenvalue weighted by molar-refractivity contribution is -0.136. The predicted molar refractivity (Wildman–Crippen MR) is 117 cm³/mol. The van der Waals surface area contributed by atoms with E-state index in [9.17, 15) is 14.4 Å². The predicted octanol–water partition coefficient (Wildman–Crippen LogP) is 4.20. The molecule has 2 rings (SSSR count). The van der Waals surface area contributed by atoms with Crippen molar-refractivity contribution in [1.82, 2.24) is 10.2 Å². The standard InChI is InChI=1S/C22H30ClN3O4/c1-6-7-11-26-14(2)17(19(27)30-5)18(25-21(26)29)15-9-8-10-16(12-15)24-20(28)22(3,4)13-23/h8-10,12,18H,6-7,11,13H2,1-5H3,(H,24,28)(H,25,29). The molecule has 0 aromatic heterocycles. The first-order valence-corrected chi connectivity index (χ1v) is 10.5. The number of carbonyl (C=O) groups is 3. The number of carbonyl (C=O) groups excluding carboxylic acids is 3. The first-order chi connectivity index (χ1) is 14.2. The van der Waals surface area contributed by atoms with Crippen LogP contribution in [0.15, 0.2) is 35.5 Å². The van der Waals surface area contributed by atoms with E-state index in [0.717, 1.165) is 12.8 Å². The second kappa shape index (κ2) is 9.98. The van der Waals surface area contributed by atoms with Crippen LogP contribution in [-0.2, 0) is 14.3 Å². The molecule has 1 aliphatic rings. The van der Waals surface area contributed by atoms with E-state index in [-0.39, 0.29) is 17.8 Å². The minimum Gasteiger partial charge on any atom is -0.466 e. The summed E-state index contributed by atoms with van der Waals surface area (Å²) < 4.78 is 4.99. The van der Waals surface area contributed by atoms with Crippen LogP contribution < -0.4 is 10.6 Å². The Morgan fingerprint density at radius 3 is 2.63 bits per heavy atom. The van der Waals surface area contributed by atoms with E-state index < -0.39 is 17.4 Å². The number of unbranched alkanes of at least 4 members (excludes halogenated alkanes) is 1. The number of urea groups is 1. The van der Waals surface area contributed by atoms with Crippen molar-refractivity contribution in [3.05, 3.63) is 41.1 Å². The molecule has 1 unspecified atom stereocenters. The number of anilines is 1. The molecular formula is C22H30ClN3O4. The van der Waals surface area contributed by atoms with Gasteiger partial charge in [-0.25, -0.2) is 9.59 Å². The Morgan fingerprint density at radius 1 is 1.33 bits per heavy atom. The number of hydrogen-bond donors (Lipinski definition) is 2. The summed E-state index contributed by atoms with van der Waals surface area (Å²) in [7, 11) is 1.32. The zero-order valence-electron chi connectivity index (χ0n) is 18.2. The summed E-state index contributed by atoms with van der Waals surface area (Å²) in [4.78, 5) is 39.3. The Labute approximate surface area is 182 Å². The molecule has 1 aromatic rings. The molecule has 1 aliphatic heterocycles. The van der Waals surface area contributed by atoms with Gasteiger partial charge < -0.3 is 15.4 Å². The van der Waals surface area contributed by atoms with Crippen molar-refractivity contribution >= 4 is 35.2 Å². The lowest BCUT2D eigenvalue weighted by atomic mass is 9.93. The summed E-state index contributed by atoms with van der Waals surface area (Å²) in [5, 5.41) is 5.75. The molecule has 1 atom stereocenters. The minimum atomic E-state index is -0.732. The average molecular weight is 436 g/mol. The number of nitrogens with one attached hydrogen (secondary N) is 2. The lowest BCUT2D eigenvalue weighted by Gasteiger charge is -2.35. The number of methoxy groups -OCH3 is 1. The number of hydrogen-bond acceptors (Lipinski definition) is 4. The van der Waals surface area contributed by atoms with Gasteiger partial charge >= 0.3 is 12.0 Å². The molecule has 30 heavy (non-hydrogen) atoms. The van der Waals surface area contributed by atoms with E-state index in [1.165, 1.54) is 7.11 Å². The van der Waals surface area contributed by atoms with E-state index in [4.69, 9.17) is 16.3 Å². The maximum atomic E-state index is 12.7. The molecule has 0 saturated heterocycles. The summed E-state index contributed by atoms with van der Waals surface area (Å²) in [6.45, 7) is 7.82. The van der Waals surface area contributed by atoms with Crippen molar-refractivity contribution in [2.45, 2.75) is 46.6 Å². The van der Waals surface area contributed by atoms with Crippen LogP contribution in [0.5, 0.6) is 0 Å². The summed E-state index contributed by atoms with van der Waals surface area (Å²) in [5.74, 6) is -0.538. The van der Waals surface area contributed by atoms with E-state index >= 15 is 0 Å².